The number of benzene rings is 1. The molecule has 0 unspecified atom stereocenters. The van der Waals surface area contributed by atoms with Crippen LogP contribution >= 0.6 is 47.0 Å². The van der Waals surface area contributed by atoms with E-state index >= 15 is 0 Å². The van der Waals surface area contributed by atoms with Gasteiger partial charge in [-0.05, 0) is 12.5 Å². The van der Waals surface area contributed by atoms with Crippen LogP contribution in [0.5, 0.6) is 5.75 Å². The Bertz CT molecular complexity index is 463. The molecule has 0 bridgehead atoms. The Morgan fingerprint density at radius 2 is 1.78 bits per heavy atom. The van der Waals surface area contributed by atoms with Gasteiger partial charge in [-0.15, -0.1) is 0 Å². The molecule has 0 aliphatic heterocycles. The van der Waals surface area contributed by atoms with Crippen molar-refractivity contribution < 1.29 is 4.74 Å². The normalized spacial score (nSPS) is 11.4. The van der Waals surface area contributed by atoms with Crippen LogP contribution in [-0.2, 0) is 0 Å². The topological polar surface area (TPSA) is 35.2 Å². The number of hydrogen-bond donors (Lipinski definition) is 1. The second kappa shape index (κ2) is 6.29. The van der Waals surface area contributed by atoms with E-state index in [1.54, 1.807) is 12.1 Å². The summed E-state index contributed by atoms with van der Waals surface area (Å²) in [5.74, 6) is 0.504. The summed E-state index contributed by atoms with van der Waals surface area (Å²) in [6, 6.07) is 3.15. The fourth-order valence-corrected chi connectivity index (χ4v) is 1.85. The molecular formula is C12H14Cl3NOS. The van der Waals surface area contributed by atoms with Crippen molar-refractivity contribution in [3.63, 3.8) is 0 Å². The Morgan fingerprint density at radius 1 is 1.22 bits per heavy atom. The van der Waals surface area contributed by atoms with Crippen molar-refractivity contribution >= 4 is 52.0 Å². The predicted octanol–water partition coefficient (Wildman–Crippen LogP) is 4.73. The van der Waals surface area contributed by atoms with Crippen molar-refractivity contribution in [1.29, 1.82) is 0 Å². The zero-order chi connectivity index (χ0) is 13.9. The monoisotopic (exact) mass is 325 g/mol. The first-order valence-electron chi connectivity index (χ1n) is 5.31. The molecule has 6 heteroatoms. The van der Waals surface area contributed by atoms with E-state index in [2.05, 4.69) is 0 Å². The molecule has 0 aliphatic carbocycles. The molecule has 0 amide bonds. The smallest absolute Gasteiger partial charge is 0.139 e. The van der Waals surface area contributed by atoms with Crippen molar-refractivity contribution in [3.8, 4) is 5.75 Å². The zero-order valence-electron chi connectivity index (χ0n) is 10.1. The SMILES string of the molecule is CC(C)(CCOc1cc(Cl)c(Cl)cc1Cl)C(N)=S. The summed E-state index contributed by atoms with van der Waals surface area (Å²) in [5.41, 5.74) is 5.38. The zero-order valence-corrected chi connectivity index (χ0v) is 13.2. The van der Waals surface area contributed by atoms with Gasteiger partial charge in [0.25, 0.3) is 0 Å². The maximum absolute atomic E-state index is 6.00. The maximum atomic E-state index is 6.00. The lowest BCUT2D eigenvalue weighted by Gasteiger charge is -2.23. The van der Waals surface area contributed by atoms with Crippen LogP contribution in [0.3, 0.4) is 0 Å². The first-order valence-corrected chi connectivity index (χ1v) is 6.85. The minimum Gasteiger partial charge on any atom is -0.492 e. The molecule has 18 heavy (non-hydrogen) atoms. The van der Waals surface area contributed by atoms with Gasteiger partial charge in [0.05, 0.1) is 26.7 Å². The van der Waals surface area contributed by atoms with E-state index in [1.165, 1.54) is 0 Å². The van der Waals surface area contributed by atoms with E-state index in [-0.39, 0.29) is 5.41 Å². The summed E-state index contributed by atoms with van der Waals surface area (Å²) in [6.45, 7) is 4.38. The lowest BCUT2D eigenvalue weighted by atomic mass is 9.90. The molecular weight excluding hydrogens is 313 g/mol. The highest BCUT2D eigenvalue weighted by Crippen LogP contribution is 2.34. The van der Waals surface area contributed by atoms with E-state index in [0.717, 1.165) is 0 Å². The van der Waals surface area contributed by atoms with Crippen molar-refractivity contribution in [1.82, 2.24) is 0 Å². The first-order chi connectivity index (χ1) is 8.24. The van der Waals surface area contributed by atoms with Crippen molar-refractivity contribution in [2.24, 2.45) is 11.1 Å². The summed E-state index contributed by atoms with van der Waals surface area (Å²) in [5, 5.41) is 1.24. The van der Waals surface area contributed by atoms with Crippen LogP contribution in [0, 0.1) is 5.41 Å². The largest absolute Gasteiger partial charge is 0.492 e. The Labute approximate surface area is 127 Å². The number of hydrogen-bond acceptors (Lipinski definition) is 2. The summed E-state index contributed by atoms with van der Waals surface area (Å²) in [4.78, 5) is 0.464. The molecule has 0 saturated heterocycles. The number of thiocarbonyl (C=S) groups is 1. The van der Waals surface area contributed by atoms with E-state index in [0.29, 0.717) is 38.8 Å². The highest BCUT2D eigenvalue weighted by atomic mass is 35.5. The summed E-state index contributed by atoms with van der Waals surface area (Å²) in [6.07, 6.45) is 0.693. The Balaban J connectivity index is 2.65. The highest BCUT2D eigenvalue weighted by molar-refractivity contribution is 7.80. The van der Waals surface area contributed by atoms with E-state index in [4.69, 9.17) is 57.5 Å². The molecule has 0 aromatic heterocycles. The van der Waals surface area contributed by atoms with Gasteiger partial charge < -0.3 is 10.5 Å². The van der Waals surface area contributed by atoms with Crippen molar-refractivity contribution in [3.05, 3.63) is 27.2 Å². The van der Waals surface area contributed by atoms with Crippen LogP contribution in [0.4, 0.5) is 0 Å². The highest BCUT2D eigenvalue weighted by Gasteiger charge is 2.21. The average molecular weight is 327 g/mol. The molecule has 100 valence electrons. The molecule has 1 aromatic rings. The van der Waals surface area contributed by atoms with Crippen molar-refractivity contribution in [2.75, 3.05) is 6.61 Å². The number of ether oxygens (including phenoxy) is 1. The van der Waals surface area contributed by atoms with Gasteiger partial charge in [-0.3, -0.25) is 0 Å². The fraction of sp³-hybridized carbons (Fsp3) is 0.417. The molecule has 0 fully saturated rings. The molecule has 0 radical (unpaired) electrons. The molecule has 0 spiro atoms. The van der Waals surface area contributed by atoms with Gasteiger partial charge in [-0.1, -0.05) is 60.9 Å². The van der Waals surface area contributed by atoms with Gasteiger partial charge >= 0.3 is 0 Å². The van der Waals surface area contributed by atoms with Crippen LogP contribution < -0.4 is 10.5 Å². The van der Waals surface area contributed by atoms with Crippen molar-refractivity contribution in [2.45, 2.75) is 20.3 Å². The third-order valence-electron chi connectivity index (χ3n) is 2.63. The van der Waals surface area contributed by atoms with Crippen LogP contribution in [-0.4, -0.2) is 11.6 Å². The average Bonchev–Trinajstić information content (AvgIpc) is 2.25. The third kappa shape index (κ3) is 4.16. The van der Waals surface area contributed by atoms with Crippen LogP contribution in [0.2, 0.25) is 15.1 Å². The van der Waals surface area contributed by atoms with E-state index < -0.39 is 0 Å². The fourth-order valence-electron chi connectivity index (χ4n) is 1.15. The number of halogens is 3. The van der Waals surface area contributed by atoms with Gasteiger partial charge in [-0.25, -0.2) is 0 Å². The first kappa shape index (κ1) is 15.8. The van der Waals surface area contributed by atoms with E-state index in [9.17, 15) is 0 Å². The van der Waals surface area contributed by atoms with Gasteiger partial charge in [0.1, 0.15) is 5.75 Å². The molecule has 0 saturated carbocycles. The van der Waals surface area contributed by atoms with Gasteiger partial charge in [0, 0.05) is 11.5 Å². The number of rotatable bonds is 5. The molecule has 1 aromatic carbocycles. The van der Waals surface area contributed by atoms with Crippen LogP contribution in [0.15, 0.2) is 12.1 Å². The molecule has 0 atom stereocenters. The summed E-state index contributed by atoms with van der Waals surface area (Å²) in [7, 11) is 0. The molecule has 0 aliphatic rings. The summed E-state index contributed by atoms with van der Waals surface area (Å²) < 4.78 is 5.57. The van der Waals surface area contributed by atoms with E-state index in [1.807, 2.05) is 13.8 Å². The van der Waals surface area contributed by atoms with Gasteiger partial charge in [0.15, 0.2) is 0 Å². The lowest BCUT2D eigenvalue weighted by molar-refractivity contribution is 0.270. The summed E-state index contributed by atoms with van der Waals surface area (Å²) >= 11 is 22.7. The molecule has 2 N–H and O–H groups in total. The number of nitrogens with two attached hydrogens (primary N) is 1. The molecule has 1 rings (SSSR count). The quantitative estimate of drug-likeness (QED) is 0.627. The lowest BCUT2D eigenvalue weighted by Crippen LogP contribution is -2.31. The standard InChI is InChI=1S/C12H14Cl3NOS/c1-12(2,11(16)18)3-4-17-10-6-8(14)7(13)5-9(10)15/h5-6H,3-4H2,1-2H3,(H2,16,18). The van der Waals surface area contributed by atoms with Crippen LogP contribution in [0.25, 0.3) is 0 Å². The minimum absolute atomic E-state index is 0.252. The van der Waals surface area contributed by atoms with Gasteiger partial charge in [-0.2, -0.15) is 0 Å². The van der Waals surface area contributed by atoms with Crippen LogP contribution in [0.1, 0.15) is 20.3 Å². The second-order valence-corrected chi connectivity index (χ2v) is 6.20. The second-order valence-electron chi connectivity index (χ2n) is 4.54. The predicted molar refractivity (Wildman–Crippen MR) is 82.2 cm³/mol. The Kier molecular flexibility index (Phi) is 5.53. The molecule has 0 heterocycles. The third-order valence-corrected chi connectivity index (χ3v) is 4.20. The Morgan fingerprint density at radius 3 is 2.33 bits per heavy atom. The van der Waals surface area contributed by atoms with Gasteiger partial charge in [0.2, 0.25) is 0 Å². The maximum Gasteiger partial charge on any atom is 0.139 e. The Hall–Kier alpha value is -0.220. The molecule has 2 nitrogen and oxygen atoms in total. The minimum atomic E-state index is -0.252.